The van der Waals surface area contributed by atoms with Crippen molar-refractivity contribution in [2.45, 2.75) is 55.6 Å². The Morgan fingerprint density at radius 2 is 1.73 bits per heavy atom. The van der Waals surface area contributed by atoms with Crippen LogP contribution >= 0.6 is 0 Å². The van der Waals surface area contributed by atoms with E-state index in [2.05, 4.69) is 5.32 Å². The molecule has 0 aromatic heterocycles. The Morgan fingerprint density at radius 3 is 2.19 bits per heavy atom. The molecule has 150 valence electrons. The summed E-state index contributed by atoms with van der Waals surface area (Å²) in [6.45, 7) is -0.693. The van der Waals surface area contributed by atoms with Crippen LogP contribution in [0.3, 0.4) is 0 Å². The zero-order chi connectivity index (χ0) is 19.9. The van der Waals surface area contributed by atoms with E-state index in [-0.39, 0.29) is 25.9 Å². The fourth-order valence-electron chi connectivity index (χ4n) is 2.78. The number of hydrogen-bond acceptors (Lipinski definition) is 8. The van der Waals surface area contributed by atoms with Gasteiger partial charge in [-0.05, 0) is 6.42 Å². The number of nitrogens with one attached hydrogen (secondary N) is 1. The quantitative estimate of drug-likeness (QED) is 0.241. The molecule has 0 heterocycles. The molecule has 0 bridgehead atoms. The van der Waals surface area contributed by atoms with Crippen LogP contribution in [-0.4, -0.2) is 93.7 Å². The molecule has 2 unspecified atom stereocenters. The van der Waals surface area contributed by atoms with Crippen molar-refractivity contribution in [1.82, 2.24) is 5.32 Å². The molecular formula is C15H25NO10. The lowest BCUT2D eigenvalue weighted by Gasteiger charge is -2.42. The predicted molar refractivity (Wildman–Crippen MR) is 84.2 cm³/mol. The van der Waals surface area contributed by atoms with Gasteiger partial charge in [-0.3, -0.25) is 9.59 Å². The van der Waals surface area contributed by atoms with Gasteiger partial charge >= 0.3 is 11.9 Å². The summed E-state index contributed by atoms with van der Waals surface area (Å²) in [5.41, 5.74) is -1.10. The first kappa shape index (κ1) is 22.3. The number of ether oxygens (including phenoxy) is 2. The molecule has 11 heteroatoms. The Kier molecular flexibility index (Phi) is 8.37. The third kappa shape index (κ3) is 6.50. The number of rotatable bonds is 10. The van der Waals surface area contributed by atoms with Gasteiger partial charge in [0.25, 0.3) is 0 Å². The Balaban J connectivity index is 2.50. The summed E-state index contributed by atoms with van der Waals surface area (Å²) in [5.74, 6) is -3.30. The summed E-state index contributed by atoms with van der Waals surface area (Å²) in [6.07, 6.45) is -4.45. The minimum Gasteiger partial charge on any atom is -0.481 e. The summed E-state index contributed by atoms with van der Waals surface area (Å²) in [4.78, 5) is 33.3. The van der Waals surface area contributed by atoms with E-state index in [9.17, 15) is 29.7 Å². The van der Waals surface area contributed by atoms with Crippen molar-refractivity contribution in [3.8, 4) is 0 Å². The van der Waals surface area contributed by atoms with Crippen molar-refractivity contribution in [3.05, 3.63) is 0 Å². The third-order valence-corrected chi connectivity index (χ3v) is 4.26. The van der Waals surface area contributed by atoms with Crippen LogP contribution in [0.25, 0.3) is 0 Å². The fourth-order valence-corrected chi connectivity index (χ4v) is 2.78. The first-order chi connectivity index (χ1) is 12.1. The third-order valence-electron chi connectivity index (χ3n) is 4.26. The summed E-state index contributed by atoms with van der Waals surface area (Å²) < 4.78 is 10.5. The molecule has 1 saturated carbocycles. The number of aliphatic hydroxyl groups is 3. The topological polar surface area (TPSA) is 183 Å². The standard InChI is InChI=1S/C15H25NO10/c1-25-15(4-9(17)13(22)10(18)5-15)7-26-6-11(19)16-8(14(23)24)2-3-12(20)21/h8-10,13,17-18,22H,2-7H2,1H3,(H,16,19)(H,20,21)(H,23,24)/t8-,9?,10?,13?,15?/m0/s1. The Bertz CT molecular complexity index is 499. The van der Waals surface area contributed by atoms with Crippen LogP contribution < -0.4 is 5.32 Å². The largest absolute Gasteiger partial charge is 0.481 e. The van der Waals surface area contributed by atoms with Gasteiger partial charge in [0.15, 0.2) is 0 Å². The monoisotopic (exact) mass is 379 g/mol. The van der Waals surface area contributed by atoms with E-state index in [0.29, 0.717) is 0 Å². The first-order valence-corrected chi connectivity index (χ1v) is 8.01. The number of carboxylic acid groups (broad SMARTS) is 2. The van der Waals surface area contributed by atoms with Gasteiger partial charge in [-0.25, -0.2) is 4.79 Å². The van der Waals surface area contributed by atoms with E-state index in [1.54, 1.807) is 0 Å². The summed E-state index contributed by atoms with van der Waals surface area (Å²) >= 11 is 0. The van der Waals surface area contributed by atoms with E-state index < -0.39 is 60.8 Å². The van der Waals surface area contributed by atoms with E-state index >= 15 is 0 Å². The van der Waals surface area contributed by atoms with E-state index in [4.69, 9.17) is 19.7 Å². The number of carbonyl (C=O) groups excluding carboxylic acids is 1. The molecule has 0 aromatic carbocycles. The molecule has 26 heavy (non-hydrogen) atoms. The average molecular weight is 379 g/mol. The maximum atomic E-state index is 11.8. The Hall–Kier alpha value is -1.79. The SMILES string of the molecule is COC1(COCC(=O)N[C@@H](CCC(=O)O)C(=O)O)CC(O)C(O)C(O)C1. The highest BCUT2D eigenvalue weighted by Gasteiger charge is 2.45. The maximum Gasteiger partial charge on any atom is 0.326 e. The molecule has 0 radical (unpaired) electrons. The van der Waals surface area contributed by atoms with Crippen LogP contribution in [0.5, 0.6) is 0 Å². The van der Waals surface area contributed by atoms with Gasteiger partial charge in [0.1, 0.15) is 18.8 Å². The highest BCUT2D eigenvalue weighted by molar-refractivity contribution is 5.84. The molecule has 1 fully saturated rings. The second-order valence-corrected chi connectivity index (χ2v) is 6.30. The highest BCUT2D eigenvalue weighted by atomic mass is 16.5. The lowest BCUT2D eigenvalue weighted by molar-refractivity contribution is -0.185. The second kappa shape index (κ2) is 9.78. The van der Waals surface area contributed by atoms with Crippen molar-refractivity contribution in [2.75, 3.05) is 20.3 Å². The van der Waals surface area contributed by atoms with E-state index in [0.717, 1.165) is 0 Å². The highest BCUT2D eigenvalue weighted by Crippen LogP contribution is 2.32. The van der Waals surface area contributed by atoms with Gasteiger partial charge in [0.2, 0.25) is 5.91 Å². The number of hydrogen-bond donors (Lipinski definition) is 6. The van der Waals surface area contributed by atoms with Crippen LogP contribution in [0.2, 0.25) is 0 Å². The van der Waals surface area contributed by atoms with Gasteiger partial charge < -0.3 is 40.3 Å². The number of aliphatic carboxylic acids is 2. The molecule has 0 saturated heterocycles. The molecule has 0 aliphatic heterocycles. The van der Waals surface area contributed by atoms with Gasteiger partial charge in [-0.1, -0.05) is 0 Å². The van der Waals surface area contributed by atoms with Crippen LogP contribution in [0, 0.1) is 0 Å². The van der Waals surface area contributed by atoms with Gasteiger partial charge in [-0.2, -0.15) is 0 Å². The fraction of sp³-hybridized carbons (Fsp3) is 0.800. The molecule has 1 aliphatic rings. The second-order valence-electron chi connectivity index (χ2n) is 6.30. The first-order valence-electron chi connectivity index (χ1n) is 8.01. The van der Waals surface area contributed by atoms with E-state index in [1.807, 2.05) is 0 Å². The number of carboxylic acids is 2. The van der Waals surface area contributed by atoms with Gasteiger partial charge in [0, 0.05) is 26.4 Å². The lowest BCUT2D eigenvalue weighted by atomic mass is 9.80. The number of carbonyl (C=O) groups is 3. The zero-order valence-corrected chi connectivity index (χ0v) is 14.3. The van der Waals surface area contributed by atoms with Crippen molar-refractivity contribution in [1.29, 1.82) is 0 Å². The summed E-state index contributed by atoms with van der Waals surface area (Å²) in [5, 5.41) is 48.8. The molecule has 1 amide bonds. The van der Waals surface area contributed by atoms with Crippen LogP contribution in [0.15, 0.2) is 0 Å². The molecule has 1 aliphatic carbocycles. The average Bonchev–Trinajstić information content (AvgIpc) is 2.55. The normalized spacial score (nSPS) is 29.8. The number of methoxy groups -OCH3 is 1. The Morgan fingerprint density at radius 1 is 1.15 bits per heavy atom. The zero-order valence-electron chi connectivity index (χ0n) is 14.3. The predicted octanol–water partition coefficient (Wildman–Crippen LogP) is -2.30. The minimum absolute atomic E-state index is 0.0142. The molecule has 6 N–H and O–H groups in total. The smallest absolute Gasteiger partial charge is 0.326 e. The van der Waals surface area contributed by atoms with Crippen LogP contribution in [0.4, 0.5) is 0 Å². The molecule has 3 atom stereocenters. The van der Waals surface area contributed by atoms with Crippen molar-refractivity contribution in [3.63, 3.8) is 0 Å². The van der Waals surface area contributed by atoms with Crippen molar-refractivity contribution < 1.29 is 49.4 Å². The number of amides is 1. The molecule has 1 rings (SSSR count). The molecular weight excluding hydrogens is 354 g/mol. The van der Waals surface area contributed by atoms with Crippen molar-refractivity contribution in [2.24, 2.45) is 0 Å². The Labute approximate surface area is 149 Å². The van der Waals surface area contributed by atoms with Gasteiger partial charge in [-0.15, -0.1) is 0 Å². The molecule has 0 spiro atoms. The molecule has 0 aromatic rings. The summed E-state index contributed by atoms with van der Waals surface area (Å²) in [6, 6.07) is -1.35. The summed E-state index contributed by atoms with van der Waals surface area (Å²) in [7, 11) is 1.34. The number of aliphatic hydroxyl groups excluding tert-OH is 3. The minimum atomic E-state index is -1.36. The van der Waals surface area contributed by atoms with Gasteiger partial charge in [0.05, 0.1) is 24.4 Å². The lowest BCUT2D eigenvalue weighted by Crippen LogP contribution is -2.55. The van der Waals surface area contributed by atoms with Crippen LogP contribution in [-0.2, 0) is 23.9 Å². The maximum absolute atomic E-state index is 11.8. The van der Waals surface area contributed by atoms with Crippen molar-refractivity contribution >= 4 is 17.8 Å². The van der Waals surface area contributed by atoms with Crippen LogP contribution in [0.1, 0.15) is 25.7 Å². The van der Waals surface area contributed by atoms with E-state index in [1.165, 1.54) is 7.11 Å². The molecule has 11 nitrogen and oxygen atoms in total.